The molecule has 1 amide bonds. The molecule has 0 spiro atoms. The van der Waals surface area contributed by atoms with Crippen LogP contribution in [0.4, 0.5) is 5.69 Å². The minimum absolute atomic E-state index is 0.0622. The number of thioether (sulfide) groups is 1. The summed E-state index contributed by atoms with van der Waals surface area (Å²) in [6, 6.07) is 5.24. The first-order valence-electron chi connectivity index (χ1n) is 5.96. The van der Waals surface area contributed by atoms with Gasteiger partial charge in [-0.15, -0.1) is 0 Å². The summed E-state index contributed by atoms with van der Waals surface area (Å²) in [6.45, 7) is 0.722. The van der Waals surface area contributed by atoms with E-state index in [1.807, 2.05) is 11.8 Å². The molecule has 1 aromatic rings. The van der Waals surface area contributed by atoms with Crippen molar-refractivity contribution in [3.63, 3.8) is 0 Å². The molecule has 0 aliphatic heterocycles. The highest BCUT2D eigenvalue weighted by Crippen LogP contribution is 2.17. The Balaban J connectivity index is 2.32. The second kappa shape index (κ2) is 8.43. The first-order valence-corrected chi connectivity index (χ1v) is 8.15. The molecule has 0 aromatic heterocycles. The van der Waals surface area contributed by atoms with E-state index >= 15 is 0 Å². The Labute approximate surface area is 121 Å². The van der Waals surface area contributed by atoms with Gasteiger partial charge in [-0.2, -0.15) is 11.8 Å². The van der Waals surface area contributed by atoms with Gasteiger partial charge < -0.3 is 11.1 Å². The van der Waals surface area contributed by atoms with Gasteiger partial charge in [0.2, 0.25) is 0 Å². The third-order valence-corrected chi connectivity index (χ3v) is 3.65. The second-order valence-corrected chi connectivity index (χ2v) is 5.98. The Morgan fingerprint density at radius 1 is 1.33 bits per heavy atom. The molecule has 0 unspecified atom stereocenters. The predicted octanol–water partition coefficient (Wildman–Crippen LogP) is 3.29. The maximum atomic E-state index is 11.8. The molecule has 3 N–H and O–H groups in total. The Kier molecular flexibility index (Phi) is 7.20. The normalized spacial score (nSPS) is 10.3. The lowest BCUT2D eigenvalue weighted by Crippen LogP contribution is -2.24. The molecule has 0 aliphatic carbocycles. The molecule has 3 nitrogen and oxygen atoms in total. The zero-order chi connectivity index (χ0) is 13.4. The number of hydrogen-bond donors (Lipinski definition) is 2. The fraction of sp³-hybridized carbons (Fsp3) is 0.462. The summed E-state index contributed by atoms with van der Waals surface area (Å²) in [5, 5.41) is 2.91. The van der Waals surface area contributed by atoms with Gasteiger partial charge >= 0.3 is 0 Å². The molecule has 1 aromatic carbocycles. The van der Waals surface area contributed by atoms with Crippen LogP contribution in [0.1, 0.15) is 29.6 Å². The van der Waals surface area contributed by atoms with Crippen molar-refractivity contribution in [2.75, 3.05) is 24.3 Å². The number of nitrogens with two attached hydrogens (primary N) is 1. The highest BCUT2D eigenvalue weighted by Gasteiger charge is 2.06. The molecule has 0 heterocycles. The van der Waals surface area contributed by atoms with Crippen molar-refractivity contribution >= 4 is 39.3 Å². The average molecular weight is 331 g/mol. The van der Waals surface area contributed by atoms with Crippen LogP contribution in [0.2, 0.25) is 0 Å². The maximum Gasteiger partial charge on any atom is 0.251 e. The monoisotopic (exact) mass is 330 g/mol. The van der Waals surface area contributed by atoms with Crippen LogP contribution in [0, 0.1) is 0 Å². The highest BCUT2D eigenvalue weighted by atomic mass is 79.9. The number of carbonyl (C=O) groups is 1. The number of benzene rings is 1. The number of anilines is 1. The fourth-order valence-corrected chi connectivity index (χ4v) is 2.60. The summed E-state index contributed by atoms with van der Waals surface area (Å²) >= 11 is 5.19. The Bertz CT molecular complexity index is 378. The Hall–Kier alpha value is -0.680. The summed E-state index contributed by atoms with van der Waals surface area (Å²) in [4.78, 5) is 11.8. The topological polar surface area (TPSA) is 55.1 Å². The van der Waals surface area contributed by atoms with Crippen LogP contribution in [0.25, 0.3) is 0 Å². The van der Waals surface area contributed by atoms with Crippen LogP contribution in [0.3, 0.4) is 0 Å². The van der Waals surface area contributed by atoms with E-state index in [-0.39, 0.29) is 5.91 Å². The summed E-state index contributed by atoms with van der Waals surface area (Å²) in [6.07, 6.45) is 5.50. The van der Waals surface area contributed by atoms with Gasteiger partial charge in [-0.05, 0) is 43.0 Å². The van der Waals surface area contributed by atoms with E-state index < -0.39 is 0 Å². The van der Waals surface area contributed by atoms with Gasteiger partial charge in [-0.25, -0.2) is 0 Å². The molecule has 0 fully saturated rings. The smallest absolute Gasteiger partial charge is 0.251 e. The van der Waals surface area contributed by atoms with Gasteiger partial charge in [0, 0.05) is 22.3 Å². The molecule has 0 bridgehead atoms. The SMILES string of the molecule is CSCCCCCNC(=O)c1cc(N)cc(Br)c1. The van der Waals surface area contributed by atoms with Crippen LogP contribution >= 0.6 is 27.7 Å². The molecular weight excluding hydrogens is 312 g/mol. The van der Waals surface area contributed by atoms with Crippen LogP contribution in [0.5, 0.6) is 0 Å². The van der Waals surface area contributed by atoms with Crippen LogP contribution in [-0.2, 0) is 0 Å². The molecule has 0 radical (unpaired) electrons. The van der Waals surface area contributed by atoms with Crippen molar-refractivity contribution < 1.29 is 4.79 Å². The van der Waals surface area contributed by atoms with Crippen molar-refractivity contribution in [3.8, 4) is 0 Å². The lowest BCUT2D eigenvalue weighted by molar-refractivity contribution is 0.0953. The van der Waals surface area contributed by atoms with E-state index in [9.17, 15) is 4.79 Å². The average Bonchev–Trinajstić information content (AvgIpc) is 2.32. The lowest BCUT2D eigenvalue weighted by atomic mass is 10.2. The van der Waals surface area contributed by atoms with Crippen molar-refractivity contribution in [1.29, 1.82) is 0 Å². The zero-order valence-corrected chi connectivity index (χ0v) is 12.9. The third-order valence-electron chi connectivity index (χ3n) is 2.49. The Morgan fingerprint density at radius 3 is 2.78 bits per heavy atom. The lowest BCUT2D eigenvalue weighted by Gasteiger charge is -2.06. The third kappa shape index (κ3) is 5.78. The molecular formula is C13H19BrN2OS. The number of nitrogen functional groups attached to an aromatic ring is 1. The van der Waals surface area contributed by atoms with Crippen LogP contribution in [-0.4, -0.2) is 24.5 Å². The standard InChI is InChI=1S/C13H19BrN2OS/c1-18-6-4-2-3-5-16-13(17)10-7-11(14)9-12(15)8-10/h7-9H,2-6,15H2,1H3,(H,16,17). The first-order chi connectivity index (χ1) is 8.63. The van der Waals surface area contributed by atoms with Gasteiger partial charge in [0.1, 0.15) is 0 Å². The number of carbonyl (C=O) groups excluding carboxylic acids is 1. The number of amides is 1. The molecule has 5 heteroatoms. The van der Waals surface area contributed by atoms with Gasteiger partial charge in [0.25, 0.3) is 5.91 Å². The van der Waals surface area contributed by atoms with Crippen molar-refractivity contribution in [1.82, 2.24) is 5.32 Å². The van der Waals surface area contributed by atoms with E-state index in [2.05, 4.69) is 27.5 Å². The fourth-order valence-electron chi connectivity index (χ4n) is 1.60. The van der Waals surface area contributed by atoms with Crippen molar-refractivity contribution in [2.24, 2.45) is 0 Å². The molecule has 18 heavy (non-hydrogen) atoms. The molecule has 0 aliphatic rings. The predicted molar refractivity (Wildman–Crippen MR) is 83.1 cm³/mol. The molecule has 0 saturated heterocycles. The summed E-state index contributed by atoms with van der Waals surface area (Å²) in [5.41, 5.74) is 6.89. The maximum absolute atomic E-state index is 11.8. The van der Waals surface area contributed by atoms with Gasteiger partial charge in [0.15, 0.2) is 0 Å². The van der Waals surface area contributed by atoms with Crippen molar-refractivity contribution in [2.45, 2.75) is 19.3 Å². The Morgan fingerprint density at radius 2 is 2.11 bits per heavy atom. The minimum Gasteiger partial charge on any atom is -0.399 e. The molecule has 0 atom stereocenters. The zero-order valence-electron chi connectivity index (χ0n) is 10.5. The number of halogens is 1. The van der Waals surface area contributed by atoms with E-state index in [1.54, 1.807) is 18.2 Å². The van der Waals surface area contributed by atoms with Crippen LogP contribution < -0.4 is 11.1 Å². The molecule has 1 rings (SSSR count). The van der Waals surface area contributed by atoms with Gasteiger partial charge in [0.05, 0.1) is 0 Å². The molecule has 100 valence electrons. The second-order valence-electron chi connectivity index (χ2n) is 4.08. The van der Waals surface area contributed by atoms with E-state index in [0.717, 1.165) is 23.9 Å². The van der Waals surface area contributed by atoms with Gasteiger partial charge in [-0.1, -0.05) is 22.4 Å². The highest BCUT2D eigenvalue weighted by molar-refractivity contribution is 9.10. The molecule has 0 saturated carbocycles. The quantitative estimate of drug-likeness (QED) is 0.595. The largest absolute Gasteiger partial charge is 0.399 e. The number of unbranched alkanes of at least 4 members (excludes halogenated alkanes) is 2. The number of hydrogen-bond acceptors (Lipinski definition) is 3. The van der Waals surface area contributed by atoms with Gasteiger partial charge in [-0.3, -0.25) is 4.79 Å². The summed E-state index contributed by atoms with van der Waals surface area (Å²) in [5.74, 6) is 1.13. The number of rotatable bonds is 7. The van der Waals surface area contributed by atoms with Crippen molar-refractivity contribution in [3.05, 3.63) is 28.2 Å². The summed E-state index contributed by atoms with van der Waals surface area (Å²) in [7, 11) is 0. The summed E-state index contributed by atoms with van der Waals surface area (Å²) < 4.78 is 0.827. The first kappa shape index (κ1) is 15.4. The van der Waals surface area contributed by atoms with E-state index in [0.29, 0.717) is 11.3 Å². The van der Waals surface area contributed by atoms with E-state index in [4.69, 9.17) is 5.73 Å². The number of nitrogens with one attached hydrogen (secondary N) is 1. The minimum atomic E-state index is -0.0622. The van der Waals surface area contributed by atoms with Crippen LogP contribution in [0.15, 0.2) is 22.7 Å². The van der Waals surface area contributed by atoms with E-state index in [1.165, 1.54) is 12.2 Å².